The smallest absolute Gasteiger partial charge is 0.337 e. The third kappa shape index (κ3) is 2.72. The van der Waals surface area contributed by atoms with Crippen molar-refractivity contribution in [3.8, 4) is 11.8 Å². The van der Waals surface area contributed by atoms with E-state index in [2.05, 4.69) is 17.2 Å². The van der Waals surface area contributed by atoms with E-state index in [-0.39, 0.29) is 16.8 Å². The lowest BCUT2D eigenvalue weighted by Crippen LogP contribution is -2.06. The highest BCUT2D eigenvalue weighted by Gasteiger charge is 2.12. The summed E-state index contributed by atoms with van der Waals surface area (Å²) in [5.41, 5.74) is 5.47. The van der Waals surface area contributed by atoms with Crippen LogP contribution in [0.4, 0.5) is 10.1 Å². The Labute approximate surface area is 92.3 Å². The molecule has 0 aromatic heterocycles. The van der Waals surface area contributed by atoms with Gasteiger partial charge >= 0.3 is 5.97 Å². The molecular formula is C11H11FN2O2. The number of nitrogens with one attached hydrogen (secondary N) is 1. The molecule has 0 radical (unpaired) electrons. The molecule has 0 heterocycles. The van der Waals surface area contributed by atoms with Gasteiger partial charge in [-0.2, -0.15) is 0 Å². The van der Waals surface area contributed by atoms with Crippen LogP contribution in [0.15, 0.2) is 12.1 Å². The van der Waals surface area contributed by atoms with Crippen molar-refractivity contribution in [3.05, 3.63) is 29.1 Å². The van der Waals surface area contributed by atoms with Crippen LogP contribution < -0.4 is 11.1 Å². The Hall–Kier alpha value is -2.06. The molecule has 0 amide bonds. The van der Waals surface area contributed by atoms with Crippen molar-refractivity contribution in [2.45, 2.75) is 0 Å². The minimum Gasteiger partial charge on any atom is -0.478 e. The highest BCUT2D eigenvalue weighted by Crippen LogP contribution is 2.18. The maximum Gasteiger partial charge on any atom is 0.337 e. The zero-order valence-electron chi connectivity index (χ0n) is 8.67. The van der Waals surface area contributed by atoms with Gasteiger partial charge < -0.3 is 16.2 Å². The Bertz CT molecular complexity index is 475. The van der Waals surface area contributed by atoms with Crippen molar-refractivity contribution in [2.24, 2.45) is 0 Å². The van der Waals surface area contributed by atoms with Gasteiger partial charge in [0.2, 0.25) is 0 Å². The fourth-order valence-electron chi connectivity index (χ4n) is 1.13. The van der Waals surface area contributed by atoms with Crippen LogP contribution in [0, 0.1) is 17.7 Å². The molecule has 0 unspecified atom stereocenters. The van der Waals surface area contributed by atoms with E-state index >= 15 is 0 Å². The van der Waals surface area contributed by atoms with E-state index in [1.165, 1.54) is 0 Å². The third-order valence-electron chi connectivity index (χ3n) is 1.86. The first-order valence-corrected chi connectivity index (χ1v) is 4.52. The SMILES string of the molecule is CNCC#Cc1cc(F)cc(C(=O)O)c1N. The molecule has 0 fully saturated rings. The van der Waals surface area contributed by atoms with Gasteiger partial charge in [0.1, 0.15) is 5.82 Å². The lowest BCUT2D eigenvalue weighted by atomic mass is 10.1. The molecule has 4 N–H and O–H groups in total. The van der Waals surface area contributed by atoms with Crippen molar-refractivity contribution in [1.82, 2.24) is 5.32 Å². The molecular weight excluding hydrogens is 211 g/mol. The molecule has 1 aromatic carbocycles. The molecule has 0 spiro atoms. The van der Waals surface area contributed by atoms with E-state index in [4.69, 9.17) is 10.8 Å². The molecule has 0 atom stereocenters. The number of anilines is 1. The Morgan fingerprint density at radius 1 is 1.62 bits per heavy atom. The number of nitrogens with two attached hydrogens (primary N) is 1. The zero-order chi connectivity index (χ0) is 12.1. The Balaban J connectivity index is 3.21. The highest BCUT2D eigenvalue weighted by molar-refractivity contribution is 5.95. The Morgan fingerprint density at radius 3 is 2.88 bits per heavy atom. The van der Waals surface area contributed by atoms with Crippen molar-refractivity contribution >= 4 is 11.7 Å². The largest absolute Gasteiger partial charge is 0.478 e. The molecule has 1 rings (SSSR count). The van der Waals surface area contributed by atoms with E-state index < -0.39 is 11.8 Å². The average molecular weight is 222 g/mol. The van der Waals surface area contributed by atoms with Crippen LogP contribution in [0.5, 0.6) is 0 Å². The molecule has 16 heavy (non-hydrogen) atoms. The molecule has 5 heteroatoms. The maximum absolute atomic E-state index is 13.1. The number of hydrogen-bond acceptors (Lipinski definition) is 3. The lowest BCUT2D eigenvalue weighted by molar-refractivity contribution is 0.0697. The van der Waals surface area contributed by atoms with Gasteiger partial charge in [-0.1, -0.05) is 11.8 Å². The highest BCUT2D eigenvalue weighted by atomic mass is 19.1. The molecule has 0 saturated heterocycles. The Kier molecular flexibility index (Phi) is 3.86. The molecule has 4 nitrogen and oxygen atoms in total. The maximum atomic E-state index is 13.1. The van der Waals surface area contributed by atoms with Gasteiger partial charge in [0.05, 0.1) is 23.4 Å². The number of halogens is 1. The summed E-state index contributed by atoms with van der Waals surface area (Å²) in [6.07, 6.45) is 0. The van der Waals surface area contributed by atoms with Gasteiger partial charge in [-0.05, 0) is 19.2 Å². The van der Waals surface area contributed by atoms with Crippen molar-refractivity contribution in [3.63, 3.8) is 0 Å². The summed E-state index contributed by atoms with van der Waals surface area (Å²) in [4.78, 5) is 10.7. The summed E-state index contributed by atoms with van der Waals surface area (Å²) in [7, 11) is 1.71. The van der Waals surface area contributed by atoms with Crippen LogP contribution in [-0.4, -0.2) is 24.7 Å². The number of benzene rings is 1. The number of carboxylic acids is 1. The van der Waals surface area contributed by atoms with E-state index in [1.807, 2.05) is 0 Å². The summed E-state index contributed by atoms with van der Waals surface area (Å²) in [6, 6.07) is 1.99. The summed E-state index contributed by atoms with van der Waals surface area (Å²) in [5.74, 6) is 3.36. The van der Waals surface area contributed by atoms with E-state index in [0.29, 0.717) is 6.54 Å². The number of hydrogen-bond donors (Lipinski definition) is 3. The van der Waals surface area contributed by atoms with Crippen LogP contribution in [-0.2, 0) is 0 Å². The third-order valence-corrected chi connectivity index (χ3v) is 1.86. The predicted octanol–water partition coefficient (Wildman–Crippen LogP) is 0.677. The number of carboxylic acid groups (broad SMARTS) is 1. The predicted molar refractivity (Wildman–Crippen MR) is 58.6 cm³/mol. The fraction of sp³-hybridized carbons (Fsp3) is 0.182. The second-order valence-electron chi connectivity index (χ2n) is 3.05. The average Bonchev–Trinajstić information content (AvgIpc) is 2.22. The first-order valence-electron chi connectivity index (χ1n) is 4.52. The molecule has 0 aliphatic carbocycles. The fourth-order valence-corrected chi connectivity index (χ4v) is 1.13. The quantitative estimate of drug-likeness (QED) is 0.508. The summed E-state index contributed by atoms with van der Waals surface area (Å²) >= 11 is 0. The normalized spacial score (nSPS) is 9.38. The number of carbonyl (C=O) groups is 1. The van der Waals surface area contributed by atoms with Gasteiger partial charge in [0.15, 0.2) is 0 Å². The molecule has 1 aromatic rings. The molecule has 0 saturated carbocycles. The van der Waals surface area contributed by atoms with Crippen LogP contribution in [0.1, 0.15) is 15.9 Å². The topological polar surface area (TPSA) is 75.3 Å². The van der Waals surface area contributed by atoms with Crippen LogP contribution in [0.3, 0.4) is 0 Å². The van der Waals surface area contributed by atoms with Gasteiger partial charge in [0.25, 0.3) is 0 Å². The van der Waals surface area contributed by atoms with Crippen LogP contribution in [0.2, 0.25) is 0 Å². The first-order chi connectivity index (χ1) is 7.56. The monoisotopic (exact) mass is 222 g/mol. The van der Waals surface area contributed by atoms with Gasteiger partial charge in [0, 0.05) is 0 Å². The minimum absolute atomic E-state index is 0.0162. The van der Waals surface area contributed by atoms with E-state index in [9.17, 15) is 9.18 Å². The number of rotatable bonds is 2. The summed E-state index contributed by atoms with van der Waals surface area (Å²) in [5, 5.41) is 11.6. The Morgan fingerprint density at radius 2 is 2.31 bits per heavy atom. The van der Waals surface area contributed by atoms with Crippen LogP contribution in [0.25, 0.3) is 0 Å². The van der Waals surface area contributed by atoms with Crippen molar-refractivity contribution in [2.75, 3.05) is 19.3 Å². The second kappa shape index (κ2) is 5.14. The molecule has 84 valence electrons. The van der Waals surface area contributed by atoms with Gasteiger partial charge in [-0.25, -0.2) is 9.18 Å². The number of nitrogen functional groups attached to an aromatic ring is 1. The molecule has 0 bridgehead atoms. The van der Waals surface area contributed by atoms with E-state index in [0.717, 1.165) is 12.1 Å². The first kappa shape index (κ1) is 12.0. The molecule has 0 aliphatic heterocycles. The summed E-state index contributed by atoms with van der Waals surface area (Å²) in [6.45, 7) is 0.415. The number of aromatic carboxylic acids is 1. The second-order valence-corrected chi connectivity index (χ2v) is 3.05. The van der Waals surface area contributed by atoms with Crippen molar-refractivity contribution in [1.29, 1.82) is 0 Å². The summed E-state index contributed by atoms with van der Waals surface area (Å²) < 4.78 is 13.1. The molecule has 0 aliphatic rings. The van der Waals surface area contributed by atoms with E-state index in [1.54, 1.807) is 7.05 Å². The standard InChI is InChI=1S/C11H11FN2O2/c1-14-4-2-3-7-5-8(12)6-9(10(7)13)11(15)16/h5-6,14H,4,13H2,1H3,(H,15,16). The van der Waals surface area contributed by atoms with Crippen molar-refractivity contribution < 1.29 is 14.3 Å². The van der Waals surface area contributed by atoms with Gasteiger partial charge in [-0.3, -0.25) is 0 Å². The van der Waals surface area contributed by atoms with Crippen LogP contribution >= 0.6 is 0 Å². The lowest BCUT2D eigenvalue weighted by Gasteiger charge is -2.03. The van der Waals surface area contributed by atoms with Gasteiger partial charge in [-0.15, -0.1) is 0 Å². The minimum atomic E-state index is -1.27. The zero-order valence-corrected chi connectivity index (χ0v) is 8.67.